The Balaban J connectivity index is 1.52. The topological polar surface area (TPSA) is 42.0 Å². The van der Waals surface area contributed by atoms with Gasteiger partial charge in [-0.1, -0.05) is 36.4 Å². The second-order valence-electron chi connectivity index (χ2n) is 6.09. The number of anilines is 1. The highest BCUT2D eigenvalue weighted by Gasteiger charge is 2.14. The second-order valence-corrected chi connectivity index (χ2v) is 7.12. The fourth-order valence-corrected chi connectivity index (χ4v) is 4.00. The van der Waals surface area contributed by atoms with Gasteiger partial charge in [-0.15, -0.1) is 11.3 Å². The van der Waals surface area contributed by atoms with E-state index < -0.39 is 0 Å². The molecule has 1 heterocycles. The van der Waals surface area contributed by atoms with Crippen molar-refractivity contribution in [2.24, 2.45) is 5.92 Å². The van der Waals surface area contributed by atoms with Gasteiger partial charge in [-0.25, -0.2) is 4.98 Å². The lowest BCUT2D eigenvalue weighted by atomic mass is 10.0. The minimum Gasteiger partial charge on any atom is -0.326 e. The van der Waals surface area contributed by atoms with E-state index in [1.807, 2.05) is 42.5 Å². The average Bonchev–Trinajstić information content (AvgIpc) is 3.24. The van der Waals surface area contributed by atoms with Gasteiger partial charge in [0.15, 0.2) is 0 Å². The van der Waals surface area contributed by atoms with Crippen molar-refractivity contribution in [3.8, 4) is 10.6 Å². The average molecular weight is 334 g/mol. The minimum absolute atomic E-state index is 0.0769. The van der Waals surface area contributed by atoms with E-state index in [9.17, 15) is 4.79 Å². The van der Waals surface area contributed by atoms with Crippen LogP contribution < -0.4 is 5.32 Å². The molecule has 3 nitrogen and oxygen atoms in total. The molecule has 24 heavy (non-hydrogen) atoms. The van der Waals surface area contributed by atoms with Gasteiger partial charge in [0.2, 0.25) is 5.91 Å². The van der Waals surface area contributed by atoms with E-state index in [4.69, 9.17) is 0 Å². The molecule has 1 unspecified atom stereocenters. The number of nitrogens with one attached hydrogen (secondary N) is 1. The number of hydrogen-bond acceptors (Lipinski definition) is 3. The number of para-hydroxylation sites is 1. The Morgan fingerprint density at radius 2 is 2.12 bits per heavy atom. The lowest BCUT2D eigenvalue weighted by Crippen LogP contribution is -2.14. The normalized spacial score (nSPS) is 16.6. The first kappa shape index (κ1) is 15.1. The zero-order valence-corrected chi connectivity index (χ0v) is 14.1. The maximum Gasteiger partial charge on any atom is 0.224 e. The van der Waals surface area contributed by atoms with E-state index >= 15 is 0 Å². The molecular weight excluding hydrogens is 316 g/mol. The van der Waals surface area contributed by atoms with Gasteiger partial charge in [-0.05, 0) is 43.0 Å². The number of thiazole rings is 1. The third kappa shape index (κ3) is 3.24. The van der Waals surface area contributed by atoms with Crippen molar-refractivity contribution in [3.05, 3.63) is 60.7 Å². The van der Waals surface area contributed by atoms with Gasteiger partial charge in [0.05, 0.1) is 10.2 Å². The number of aromatic nitrogens is 1. The Hall–Kier alpha value is -2.46. The van der Waals surface area contributed by atoms with E-state index in [2.05, 4.69) is 28.5 Å². The molecule has 120 valence electrons. The number of hydrogen-bond donors (Lipinski definition) is 1. The first-order valence-corrected chi connectivity index (χ1v) is 9.02. The Kier molecular flexibility index (Phi) is 4.13. The summed E-state index contributed by atoms with van der Waals surface area (Å²) >= 11 is 1.67. The molecule has 2 aromatic carbocycles. The molecule has 0 saturated carbocycles. The minimum atomic E-state index is 0.0769. The molecule has 1 aliphatic rings. The number of carbonyl (C=O) groups excluding carboxylic acids is 1. The maximum atomic E-state index is 12.2. The van der Waals surface area contributed by atoms with Crippen LogP contribution in [0.5, 0.6) is 0 Å². The third-order valence-corrected chi connectivity index (χ3v) is 5.33. The summed E-state index contributed by atoms with van der Waals surface area (Å²) in [6.45, 7) is 0. The van der Waals surface area contributed by atoms with Gasteiger partial charge in [0.1, 0.15) is 5.01 Å². The van der Waals surface area contributed by atoms with E-state index in [0.29, 0.717) is 12.3 Å². The third-order valence-electron chi connectivity index (χ3n) is 4.25. The Labute approximate surface area is 145 Å². The summed E-state index contributed by atoms with van der Waals surface area (Å²) in [6, 6.07) is 16.1. The largest absolute Gasteiger partial charge is 0.326 e. The van der Waals surface area contributed by atoms with Crippen LogP contribution in [-0.2, 0) is 4.79 Å². The fourth-order valence-electron chi connectivity index (χ4n) is 3.04. The quantitative estimate of drug-likeness (QED) is 0.661. The first-order chi connectivity index (χ1) is 11.8. The van der Waals surface area contributed by atoms with Crippen LogP contribution in [0.15, 0.2) is 60.7 Å². The summed E-state index contributed by atoms with van der Waals surface area (Å²) in [5, 5.41) is 3.99. The van der Waals surface area contributed by atoms with Crippen molar-refractivity contribution < 1.29 is 4.79 Å². The SMILES string of the molecule is O=C(CC1C=CCC1)Nc1cccc(-c2nc3ccccc3s2)c1. The van der Waals surface area contributed by atoms with Gasteiger partial charge in [0.25, 0.3) is 0 Å². The molecule has 0 spiro atoms. The van der Waals surface area contributed by atoms with E-state index in [0.717, 1.165) is 34.6 Å². The lowest BCUT2D eigenvalue weighted by molar-refractivity contribution is -0.116. The standard InChI is InChI=1S/C20H18N2OS/c23-19(12-14-6-1-2-7-14)21-16-9-5-8-15(13-16)20-22-17-10-3-4-11-18(17)24-20/h1,3-6,8-11,13-14H,2,7,12H2,(H,21,23). The van der Waals surface area contributed by atoms with Gasteiger partial charge >= 0.3 is 0 Å². The van der Waals surface area contributed by atoms with E-state index in [1.165, 1.54) is 4.70 Å². The van der Waals surface area contributed by atoms with Crippen LogP contribution in [0.1, 0.15) is 19.3 Å². The van der Waals surface area contributed by atoms with Crippen molar-refractivity contribution in [1.82, 2.24) is 4.98 Å². The number of benzene rings is 2. The summed E-state index contributed by atoms with van der Waals surface area (Å²) < 4.78 is 1.18. The molecule has 0 saturated heterocycles. The molecule has 4 heteroatoms. The van der Waals surface area contributed by atoms with Gasteiger partial charge in [-0.2, -0.15) is 0 Å². The number of rotatable bonds is 4. The molecule has 0 aliphatic heterocycles. The summed E-state index contributed by atoms with van der Waals surface area (Å²) in [6.07, 6.45) is 7.04. The zero-order valence-electron chi connectivity index (χ0n) is 13.2. The number of allylic oxidation sites excluding steroid dienone is 2. The van der Waals surface area contributed by atoms with Crippen molar-refractivity contribution in [1.29, 1.82) is 0 Å². The Morgan fingerprint density at radius 1 is 1.21 bits per heavy atom. The molecular formula is C20H18N2OS. The van der Waals surface area contributed by atoms with Crippen molar-refractivity contribution in [3.63, 3.8) is 0 Å². The summed E-state index contributed by atoms with van der Waals surface area (Å²) in [7, 11) is 0. The Bertz CT molecular complexity index is 880. The van der Waals surface area contributed by atoms with Crippen LogP contribution in [0.2, 0.25) is 0 Å². The molecule has 1 aliphatic carbocycles. The second kappa shape index (κ2) is 6.57. The number of fused-ring (bicyclic) bond motifs is 1. The fraction of sp³-hybridized carbons (Fsp3) is 0.200. The molecule has 3 aromatic rings. The van der Waals surface area contributed by atoms with Crippen LogP contribution >= 0.6 is 11.3 Å². The zero-order chi connectivity index (χ0) is 16.4. The predicted octanol–water partition coefficient (Wildman–Crippen LogP) is 5.26. The van der Waals surface area contributed by atoms with Crippen LogP contribution in [0.3, 0.4) is 0 Å². The van der Waals surface area contributed by atoms with Gasteiger partial charge in [-0.3, -0.25) is 4.79 Å². The molecule has 1 N–H and O–H groups in total. The summed E-state index contributed by atoms with van der Waals surface area (Å²) in [5.74, 6) is 0.463. The Morgan fingerprint density at radius 3 is 2.96 bits per heavy atom. The predicted molar refractivity (Wildman–Crippen MR) is 100 cm³/mol. The van der Waals surface area contributed by atoms with Crippen LogP contribution in [0, 0.1) is 5.92 Å². The van der Waals surface area contributed by atoms with Crippen molar-refractivity contribution in [2.45, 2.75) is 19.3 Å². The lowest BCUT2D eigenvalue weighted by Gasteiger charge is -2.09. The van der Waals surface area contributed by atoms with E-state index in [1.54, 1.807) is 11.3 Å². The van der Waals surface area contributed by atoms with Crippen LogP contribution in [-0.4, -0.2) is 10.9 Å². The molecule has 4 rings (SSSR count). The molecule has 1 atom stereocenters. The molecule has 0 radical (unpaired) electrons. The summed E-state index contributed by atoms with van der Waals surface area (Å²) in [5.41, 5.74) is 2.88. The van der Waals surface area contributed by atoms with Gasteiger partial charge < -0.3 is 5.32 Å². The van der Waals surface area contributed by atoms with Crippen molar-refractivity contribution in [2.75, 3.05) is 5.32 Å². The van der Waals surface area contributed by atoms with Gasteiger partial charge in [0, 0.05) is 17.7 Å². The van der Waals surface area contributed by atoms with Crippen LogP contribution in [0.25, 0.3) is 20.8 Å². The molecule has 1 amide bonds. The smallest absolute Gasteiger partial charge is 0.224 e. The maximum absolute atomic E-state index is 12.2. The van der Waals surface area contributed by atoms with Crippen LogP contribution in [0.4, 0.5) is 5.69 Å². The van der Waals surface area contributed by atoms with Crippen molar-refractivity contribution >= 4 is 33.1 Å². The highest BCUT2D eigenvalue weighted by Crippen LogP contribution is 2.31. The monoisotopic (exact) mass is 334 g/mol. The number of amides is 1. The van der Waals surface area contributed by atoms with E-state index in [-0.39, 0.29) is 5.91 Å². The molecule has 0 fully saturated rings. The highest BCUT2D eigenvalue weighted by atomic mass is 32.1. The number of nitrogens with zero attached hydrogens (tertiary/aromatic N) is 1. The molecule has 0 bridgehead atoms. The molecule has 1 aromatic heterocycles. The number of carbonyl (C=O) groups is 1. The summed E-state index contributed by atoms with van der Waals surface area (Å²) in [4.78, 5) is 16.9. The first-order valence-electron chi connectivity index (χ1n) is 8.20. The highest BCUT2D eigenvalue weighted by molar-refractivity contribution is 7.21.